The Balaban J connectivity index is 2.48. The zero-order chi connectivity index (χ0) is 14.0. The van der Waals surface area contributed by atoms with E-state index in [4.69, 9.17) is 5.11 Å². The van der Waals surface area contributed by atoms with E-state index in [1.165, 1.54) is 11.2 Å². The van der Waals surface area contributed by atoms with Gasteiger partial charge >= 0.3 is 5.97 Å². The molecule has 1 heterocycles. The summed E-state index contributed by atoms with van der Waals surface area (Å²) in [4.78, 5) is 11.0. The molecule has 1 aliphatic rings. The van der Waals surface area contributed by atoms with E-state index in [0.717, 1.165) is 24.8 Å². The van der Waals surface area contributed by atoms with Crippen molar-refractivity contribution in [3.05, 3.63) is 29.8 Å². The van der Waals surface area contributed by atoms with Gasteiger partial charge in [-0.1, -0.05) is 18.2 Å². The number of carboxylic acid groups (broad SMARTS) is 1. The molecule has 1 aromatic carbocycles. The van der Waals surface area contributed by atoms with Gasteiger partial charge in [0.1, 0.15) is 0 Å². The van der Waals surface area contributed by atoms with Crippen LogP contribution in [0.3, 0.4) is 0 Å². The molecular weight excluding hydrogens is 266 g/mol. The minimum atomic E-state index is -3.86. The highest BCUT2D eigenvalue weighted by Gasteiger charge is 2.35. The summed E-state index contributed by atoms with van der Waals surface area (Å²) in [6.07, 6.45) is 2.47. The number of benzene rings is 1. The van der Waals surface area contributed by atoms with Crippen molar-refractivity contribution in [1.82, 2.24) is 0 Å². The van der Waals surface area contributed by atoms with Crippen LogP contribution in [0.5, 0.6) is 0 Å². The molecule has 1 atom stereocenters. The highest BCUT2D eigenvalue weighted by molar-refractivity contribution is 7.94. The maximum absolute atomic E-state index is 12.4. The molecule has 0 amide bonds. The van der Waals surface area contributed by atoms with Crippen molar-refractivity contribution in [2.24, 2.45) is 0 Å². The summed E-state index contributed by atoms with van der Waals surface area (Å²) >= 11 is 0. The molecule has 0 aromatic heterocycles. The van der Waals surface area contributed by atoms with Gasteiger partial charge in [0, 0.05) is 6.54 Å². The lowest BCUT2D eigenvalue weighted by Gasteiger charge is -2.26. The SMILES string of the molecule is CC(C(=O)O)S(=O)(=O)N1CCCCc2ccccc21. The first-order valence-electron chi connectivity index (χ1n) is 6.27. The summed E-state index contributed by atoms with van der Waals surface area (Å²) < 4.78 is 26.0. The monoisotopic (exact) mass is 283 g/mol. The molecule has 0 aliphatic carbocycles. The van der Waals surface area contributed by atoms with Crippen LogP contribution in [0, 0.1) is 0 Å². The van der Waals surface area contributed by atoms with Gasteiger partial charge in [0.05, 0.1) is 5.69 Å². The van der Waals surface area contributed by atoms with Crippen LogP contribution in [0.1, 0.15) is 25.3 Å². The number of anilines is 1. The van der Waals surface area contributed by atoms with Gasteiger partial charge in [-0.05, 0) is 37.8 Å². The Bertz CT molecular complexity index is 582. The number of para-hydroxylation sites is 1. The summed E-state index contributed by atoms with van der Waals surface area (Å²) in [5.41, 5.74) is 1.58. The van der Waals surface area contributed by atoms with E-state index in [1.54, 1.807) is 12.1 Å². The van der Waals surface area contributed by atoms with Gasteiger partial charge in [-0.3, -0.25) is 9.10 Å². The third-order valence-corrected chi connectivity index (χ3v) is 5.51. The predicted octanol–water partition coefficient (Wildman–Crippen LogP) is 1.63. The van der Waals surface area contributed by atoms with Gasteiger partial charge in [0.2, 0.25) is 10.0 Å². The van der Waals surface area contributed by atoms with Crippen LogP contribution in [0.25, 0.3) is 0 Å². The molecule has 0 radical (unpaired) electrons. The zero-order valence-corrected chi connectivity index (χ0v) is 11.6. The molecule has 104 valence electrons. The van der Waals surface area contributed by atoms with E-state index in [-0.39, 0.29) is 0 Å². The molecule has 19 heavy (non-hydrogen) atoms. The molecule has 6 heteroatoms. The van der Waals surface area contributed by atoms with Gasteiger partial charge in [-0.2, -0.15) is 0 Å². The summed E-state index contributed by atoms with van der Waals surface area (Å²) in [5.74, 6) is -1.32. The number of rotatable bonds is 3. The Kier molecular flexibility index (Phi) is 3.80. The van der Waals surface area contributed by atoms with E-state index >= 15 is 0 Å². The number of carbonyl (C=O) groups is 1. The molecule has 1 N–H and O–H groups in total. The van der Waals surface area contributed by atoms with E-state index in [9.17, 15) is 13.2 Å². The van der Waals surface area contributed by atoms with Gasteiger partial charge in [0.15, 0.2) is 5.25 Å². The first kappa shape index (κ1) is 13.9. The van der Waals surface area contributed by atoms with Crippen molar-refractivity contribution < 1.29 is 18.3 Å². The zero-order valence-electron chi connectivity index (χ0n) is 10.7. The predicted molar refractivity (Wildman–Crippen MR) is 72.7 cm³/mol. The quantitative estimate of drug-likeness (QED) is 0.915. The topological polar surface area (TPSA) is 74.7 Å². The molecule has 0 spiro atoms. The van der Waals surface area contributed by atoms with E-state index in [2.05, 4.69) is 0 Å². The fourth-order valence-electron chi connectivity index (χ4n) is 2.24. The van der Waals surface area contributed by atoms with Crippen LogP contribution in [-0.4, -0.2) is 31.3 Å². The van der Waals surface area contributed by atoms with Crippen molar-refractivity contribution in [3.63, 3.8) is 0 Å². The fraction of sp³-hybridized carbons (Fsp3) is 0.462. The van der Waals surface area contributed by atoms with Gasteiger partial charge in [-0.15, -0.1) is 0 Å². The molecule has 0 saturated heterocycles. The molecule has 0 bridgehead atoms. The third-order valence-electron chi connectivity index (χ3n) is 3.42. The lowest BCUT2D eigenvalue weighted by molar-refractivity contribution is -0.136. The molecule has 1 aromatic rings. The van der Waals surface area contributed by atoms with Crippen LogP contribution >= 0.6 is 0 Å². The molecular formula is C13H17NO4S. The normalized spacial score (nSPS) is 17.4. The summed E-state index contributed by atoms with van der Waals surface area (Å²) in [5, 5.41) is 7.53. The largest absolute Gasteiger partial charge is 0.480 e. The Labute approximate surface area is 112 Å². The second-order valence-corrected chi connectivity index (χ2v) is 6.86. The molecule has 0 saturated carbocycles. The van der Waals surface area contributed by atoms with Crippen molar-refractivity contribution in [2.75, 3.05) is 10.8 Å². The molecule has 1 aliphatic heterocycles. The van der Waals surface area contributed by atoms with Crippen molar-refractivity contribution >= 4 is 21.7 Å². The second-order valence-electron chi connectivity index (χ2n) is 4.68. The number of aliphatic carboxylic acids is 1. The minimum absolute atomic E-state index is 0.344. The Morgan fingerprint density at radius 1 is 1.32 bits per heavy atom. The maximum atomic E-state index is 12.4. The average Bonchev–Trinajstić information content (AvgIpc) is 2.60. The average molecular weight is 283 g/mol. The van der Waals surface area contributed by atoms with Crippen LogP contribution < -0.4 is 4.31 Å². The summed E-state index contributed by atoms with van der Waals surface area (Å²) in [6, 6.07) is 7.29. The van der Waals surface area contributed by atoms with Gasteiger partial charge < -0.3 is 5.11 Å². The number of aryl methyl sites for hydroxylation is 1. The van der Waals surface area contributed by atoms with E-state index in [0.29, 0.717) is 12.2 Å². The summed E-state index contributed by atoms with van der Waals surface area (Å²) in [6.45, 7) is 1.56. The number of fused-ring (bicyclic) bond motifs is 1. The molecule has 1 unspecified atom stereocenters. The van der Waals surface area contributed by atoms with Crippen LogP contribution in [0.15, 0.2) is 24.3 Å². The number of carboxylic acids is 1. The maximum Gasteiger partial charge on any atom is 0.323 e. The van der Waals surface area contributed by atoms with Gasteiger partial charge in [0.25, 0.3) is 0 Å². The van der Waals surface area contributed by atoms with Crippen molar-refractivity contribution in [3.8, 4) is 0 Å². The number of sulfonamides is 1. The third kappa shape index (κ3) is 2.58. The lowest BCUT2D eigenvalue weighted by atomic mass is 10.1. The van der Waals surface area contributed by atoms with Crippen LogP contribution in [-0.2, 0) is 21.2 Å². The number of nitrogens with zero attached hydrogens (tertiary/aromatic N) is 1. The lowest BCUT2D eigenvalue weighted by Crippen LogP contribution is -2.41. The second kappa shape index (κ2) is 5.21. The Morgan fingerprint density at radius 3 is 2.68 bits per heavy atom. The number of hydrogen-bond acceptors (Lipinski definition) is 3. The molecule has 2 rings (SSSR count). The highest BCUT2D eigenvalue weighted by Crippen LogP contribution is 2.29. The molecule has 5 nitrogen and oxygen atoms in total. The fourth-order valence-corrected chi connectivity index (χ4v) is 3.71. The Hall–Kier alpha value is -1.56. The molecule has 0 fully saturated rings. The van der Waals surface area contributed by atoms with Crippen LogP contribution in [0.4, 0.5) is 5.69 Å². The first-order valence-corrected chi connectivity index (χ1v) is 7.77. The van der Waals surface area contributed by atoms with Crippen molar-refractivity contribution in [1.29, 1.82) is 0 Å². The highest BCUT2D eigenvalue weighted by atomic mass is 32.2. The van der Waals surface area contributed by atoms with E-state index < -0.39 is 21.2 Å². The minimum Gasteiger partial charge on any atom is -0.480 e. The van der Waals surface area contributed by atoms with Gasteiger partial charge in [-0.25, -0.2) is 8.42 Å². The first-order chi connectivity index (χ1) is 8.94. The smallest absolute Gasteiger partial charge is 0.323 e. The Morgan fingerprint density at radius 2 is 2.00 bits per heavy atom. The number of hydrogen-bond donors (Lipinski definition) is 1. The van der Waals surface area contributed by atoms with Crippen LogP contribution in [0.2, 0.25) is 0 Å². The van der Waals surface area contributed by atoms with E-state index in [1.807, 2.05) is 12.1 Å². The standard InChI is InChI=1S/C13H17NO4S/c1-10(13(15)16)19(17,18)14-9-5-4-7-11-6-2-3-8-12(11)14/h2-3,6,8,10H,4-5,7,9H2,1H3,(H,15,16). The van der Waals surface area contributed by atoms with Crippen molar-refractivity contribution in [2.45, 2.75) is 31.4 Å². The summed E-state index contributed by atoms with van der Waals surface area (Å²) in [7, 11) is -3.86.